The van der Waals surface area contributed by atoms with Gasteiger partial charge in [0.15, 0.2) is 11.5 Å². The molecule has 0 spiro atoms. The quantitative estimate of drug-likeness (QED) is 0.600. The Morgan fingerprint density at radius 1 is 1.14 bits per heavy atom. The number of para-hydroxylation sites is 1. The molecule has 3 heterocycles. The van der Waals surface area contributed by atoms with E-state index in [1.54, 1.807) is 7.11 Å². The number of carbonyl (C=O) groups is 1. The molecule has 36 heavy (non-hydrogen) atoms. The summed E-state index contributed by atoms with van der Waals surface area (Å²) < 4.78 is 28.5. The number of hydrogen-bond acceptors (Lipinski definition) is 8. The molecule has 0 unspecified atom stereocenters. The van der Waals surface area contributed by atoms with Crippen LogP contribution in [-0.4, -0.2) is 73.9 Å². The third-order valence-electron chi connectivity index (χ3n) is 6.99. The maximum atomic E-state index is 12.7. The standard InChI is InChI=1S/C27H34N2O7/c1-32-23-5-3-2-4-19(23)12-28-27(31)11-21-7-8-22-26(36-21)16-33-15-20(30)14-29(22)13-18-6-9-24-25(10-18)35-17-34-24/h2-6,9-10,20-22,26,30H,7-8,11-17H2,1H3,(H,28,31)/t20-,21-,22+,26-/m1/s1. The van der Waals surface area contributed by atoms with E-state index in [-0.39, 0.29) is 37.6 Å². The van der Waals surface area contributed by atoms with Gasteiger partial charge in [0.05, 0.1) is 45.1 Å². The van der Waals surface area contributed by atoms with Crippen molar-refractivity contribution < 1.29 is 33.6 Å². The molecule has 9 nitrogen and oxygen atoms in total. The van der Waals surface area contributed by atoms with Crippen molar-refractivity contribution in [1.29, 1.82) is 0 Å². The first kappa shape index (κ1) is 24.8. The lowest BCUT2D eigenvalue weighted by atomic mass is 9.94. The van der Waals surface area contributed by atoms with Crippen LogP contribution >= 0.6 is 0 Å². The predicted molar refractivity (Wildman–Crippen MR) is 131 cm³/mol. The van der Waals surface area contributed by atoms with Gasteiger partial charge in [0, 0.05) is 31.2 Å². The van der Waals surface area contributed by atoms with Crippen LogP contribution < -0.4 is 19.5 Å². The minimum absolute atomic E-state index is 0.0521. The summed E-state index contributed by atoms with van der Waals surface area (Å²) in [5, 5.41) is 13.4. The Morgan fingerprint density at radius 3 is 2.89 bits per heavy atom. The molecule has 1 amide bonds. The summed E-state index contributed by atoms with van der Waals surface area (Å²) in [7, 11) is 1.62. The SMILES string of the molecule is COc1ccccc1CNC(=O)C[C@H]1CC[C@H]2[C@@H](COC[C@H](O)CN2Cc2ccc3c(c2)OCO3)O1. The molecule has 0 radical (unpaired) electrons. The normalized spacial score (nSPS) is 25.9. The Bertz CT molecular complexity index is 1050. The molecule has 9 heteroatoms. The molecule has 2 aromatic rings. The summed E-state index contributed by atoms with van der Waals surface area (Å²) in [4.78, 5) is 15.0. The first-order chi connectivity index (χ1) is 17.6. The maximum absolute atomic E-state index is 12.7. The largest absolute Gasteiger partial charge is 0.496 e. The van der Waals surface area contributed by atoms with Crippen LogP contribution in [0.1, 0.15) is 30.4 Å². The maximum Gasteiger partial charge on any atom is 0.231 e. The summed E-state index contributed by atoms with van der Waals surface area (Å²) >= 11 is 0. The van der Waals surface area contributed by atoms with Crippen molar-refractivity contribution in [2.75, 3.05) is 33.7 Å². The zero-order valence-corrected chi connectivity index (χ0v) is 20.6. The number of nitrogens with one attached hydrogen (secondary N) is 1. The zero-order valence-electron chi connectivity index (χ0n) is 20.6. The molecule has 3 aliphatic heterocycles. The van der Waals surface area contributed by atoms with Gasteiger partial charge in [-0.2, -0.15) is 0 Å². The summed E-state index contributed by atoms with van der Waals surface area (Å²) in [5.74, 6) is 2.21. The van der Waals surface area contributed by atoms with Gasteiger partial charge in [0.1, 0.15) is 5.75 Å². The van der Waals surface area contributed by atoms with Crippen molar-refractivity contribution >= 4 is 5.91 Å². The Morgan fingerprint density at radius 2 is 2.00 bits per heavy atom. The van der Waals surface area contributed by atoms with E-state index in [0.29, 0.717) is 32.7 Å². The molecule has 2 fully saturated rings. The molecule has 0 bridgehead atoms. The summed E-state index contributed by atoms with van der Waals surface area (Å²) in [6.45, 7) is 2.44. The molecule has 2 aromatic carbocycles. The second kappa shape index (κ2) is 11.5. The number of ether oxygens (including phenoxy) is 5. The van der Waals surface area contributed by atoms with Gasteiger partial charge < -0.3 is 34.1 Å². The second-order valence-electron chi connectivity index (χ2n) is 9.54. The topological polar surface area (TPSA) is 98.7 Å². The van der Waals surface area contributed by atoms with Crippen molar-refractivity contribution in [2.45, 2.75) is 56.7 Å². The number of aliphatic hydroxyl groups excluding tert-OH is 1. The molecule has 2 N–H and O–H groups in total. The fourth-order valence-electron chi connectivity index (χ4n) is 5.22. The smallest absolute Gasteiger partial charge is 0.231 e. The van der Waals surface area contributed by atoms with Crippen molar-refractivity contribution in [3.8, 4) is 17.2 Å². The van der Waals surface area contributed by atoms with Gasteiger partial charge in [-0.05, 0) is 36.6 Å². The minimum atomic E-state index is -0.571. The molecular weight excluding hydrogens is 464 g/mol. The van der Waals surface area contributed by atoms with Crippen LogP contribution in [-0.2, 0) is 27.4 Å². The fourth-order valence-corrected chi connectivity index (χ4v) is 5.22. The molecule has 0 aliphatic carbocycles. The molecule has 2 saturated heterocycles. The van der Waals surface area contributed by atoms with Crippen LogP contribution in [0.3, 0.4) is 0 Å². The highest BCUT2D eigenvalue weighted by Gasteiger charge is 2.38. The number of rotatable bonds is 7. The average molecular weight is 499 g/mol. The van der Waals surface area contributed by atoms with E-state index in [4.69, 9.17) is 23.7 Å². The summed E-state index contributed by atoms with van der Waals surface area (Å²) in [6.07, 6.45) is 0.991. The highest BCUT2D eigenvalue weighted by atomic mass is 16.7. The first-order valence-electron chi connectivity index (χ1n) is 12.5. The van der Waals surface area contributed by atoms with Gasteiger partial charge in [0.2, 0.25) is 12.7 Å². The number of nitrogens with zero attached hydrogens (tertiary/aromatic N) is 1. The van der Waals surface area contributed by atoms with Crippen molar-refractivity contribution in [3.05, 3.63) is 53.6 Å². The van der Waals surface area contributed by atoms with Gasteiger partial charge in [-0.1, -0.05) is 24.3 Å². The van der Waals surface area contributed by atoms with Crippen LogP contribution in [0, 0.1) is 0 Å². The number of carbonyl (C=O) groups excluding carboxylic acids is 1. The first-order valence-corrected chi connectivity index (χ1v) is 12.5. The highest BCUT2D eigenvalue weighted by molar-refractivity contribution is 5.76. The van der Waals surface area contributed by atoms with Crippen LogP contribution in [0.5, 0.6) is 17.2 Å². The molecule has 194 valence electrons. The van der Waals surface area contributed by atoms with Crippen molar-refractivity contribution in [1.82, 2.24) is 10.2 Å². The monoisotopic (exact) mass is 498 g/mol. The number of benzene rings is 2. The fraction of sp³-hybridized carbons (Fsp3) is 0.519. The van der Waals surface area contributed by atoms with E-state index in [1.807, 2.05) is 42.5 Å². The van der Waals surface area contributed by atoms with E-state index < -0.39 is 6.10 Å². The van der Waals surface area contributed by atoms with Crippen LogP contribution in [0.25, 0.3) is 0 Å². The lowest BCUT2D eigenvalue weighted by Crippen LogP contribution is -2.55. The number of methoxy groups -OCH3 is 1. The average Bonchev–Trinajstić information content (AvgIpc) is 3.34. The minimum Gasteiger partial charge on any atom is -0.496 e. The molecule has 5 rings (SSSR count). The third-order valence-corrected chi connectivity index (χ3v) is 6.99. The second-order valence-corrected chi connectivity index (χ2v) is 9.54. The lowest BCUT2D eigenvalue weighted by Gasteiger charge is -2.44. The summed E-state index contributed by atoms with van der Waals surface area (Å²) in [5.41, 5.74) is 2.02. The molecular formula is C27H34N2O7. The number of fused-ring (bicyclic) bond motifs is 2. The van der Waals surface area contributed by atoms with E-state index in [0.717, 1.165) is 41.2 Å². The Kier molecular flexibility index (Phi) is 7.91. The third kappa shape index (κ3) is 5.92. The lowest BCUT2D eigenvalue weighted by molar-refractivity contribution is -0.158. The number of hydrogen-bond donors (Lipinski definition) is 2. The van der Waals surface area contributed by atoms with E-state index in [1.165, 1.54) is 0 Å². The van der Waals surface area contributed by atoms with Gasteiger partial charge in [-0.15, -0.1) is 0 Å². The van der Waals surface area contributed by atoms with E-state index in [9.17, 15) is 9.90 Å². The van der Waals surface area contributed by atoms with Crippen LogP contribution in [0.2, 0.25) is 0 Å². The molecule has 4 atom stereocenters. The van der Waals surface area contributed by atoms with E-state index >= 15 is 0 Å². The highest BCUT2D eigenvalue weighted by Crippen LogP contribution is 2.34. The van der Waals surface area contributed by atoms with Crippen LogP contribution in [0.4, 0.5) is 0 Å². The van der Waals surface area contributed by atoms with Gasteiger partial charge in [-0.3, -0.25) is 9.69 Å². The number of aliphatic hydroxyl groups is 1. The van der Waals surface area contributed by atoms with Gasteiger partial charge >= 0.3 is 0 Å². The molecule has 3 aliphatic rings. The molecule has 0 saturated carbocycles. The molecule has 0 aromatic heterocycles. The number of β-amino-alcohol motifs (C(OH)–C–C–N with tert-alkyl or cyclic N) is 1. The zero-order chi connectivity index (χ0) is 24.9. The Hall–Kier alpha value is -2.85. The Balaban J connectivity index is 1.19. The number of amides is 1. The summed E-state index contributed by atoms with van der Waals surface area (Å²) in [6, 6.07) is 13.7. The van der Waals surface area contributed by atoms with Crippen LogP contribution in [0.15, 0.2) is 42.5 Å². The predicted octanol–water partition coefficient (Wildman–Crippen LogP) is 2.24. The Labute approximate surface area is 211 Å². The van der Waals surface area contributed by atoms with Crippen molar-refractivity contribution in [3.63, 3.8) is 0 Å². The van der Waals surface area contributed by atoms with E-state index in [2.05, 4.69) is 10.2 Å². The van der Waals surface area contributed by atoms with Gasteiger partial charge in [0.25, 0.3) is 0 Å². The van der Waals surface area contributed by atoms with Gasteiger partial charge in [-0.25, -0.2) is 0 Å². The van der Waals surface area contributed by atoms with Crippen molar-refractivity contribution in [2.24, 2.45) is 0 Å².